The summed E-state index contributed by atoms with van der Waals surface area (Å²) in [6, 6.07) is 4.50. The molecule has 0 heterocycles. The highest BCUT2D eigenvalue weighted by atomic mass is 79.9. The zero-order valence-electron chi connectivity index (χ0n) is 9.76. The molecular formula is C12H13BrO5. The van der Waals surface area contributed by atoms with Crippen LogP contribution in [0.3, 0.4) is 0 Å². The van der Waals surface area contributed by atoms with Crippen molar-refractivity contribution >= 4 is 28.2 Å². The Hall–Kier alpha value is -1.56. The fraction of sp³-hybridized carbons (Fsp3) is 0.333. The van der Waals surface area contributed by atoms with Crippen LogP contribution in [0.25, 0.3) is 0 Å². The monoisotopic (exact) mass is 316 g/mol. The van der Waals surface area contributed by atoms with Gasteiger partial charge in [-0.15, -0.1) is 0 Å². The van der Waals surface area contributed by atoms with Crippen molar-refractivity contribution in [1.82, 2.24) is 0 Å². The second kappa shape index (κ2) is 7.00. The van der Waals surface area contributed by atoms with Crippen molar-refractivity contribution in [3.8, 4) is 11.5 Å². The number of aldehydes is 1. The molecule has 0 radical (unpaired) electrons. The Labute approximate surface area is 113 Å². The molecule has 18 heavy (non-hydrogen) atoms. The summed E-state index contributed by atoms with van der Waals surface area (Å²) in [5, 5.41) is 9.66. The molecule has 0 saturated carbocycles. The van der Waals surface area contributed by atoms with Gasteiger partial charge in [0.2, 0.25) is 0 Å². The number of halogens is 1. The van der Waals surface area contributed by atoms with Crippen LogP contribution in [0.15, 0.2) is 18.2 Å². The van der Waals surface area contributed by atoms with Crippen LogP contribution in [0.1, 0.15) is 17.3 Å². The van der Waals surface area contributed by atoms with Gasteiger partial charge >= 0.3 is 5.97 Å². The van der Waals surface area contributed by atoms with Gasteiger partial charge in [-0.3, -0.25) is 0 Å². The standard InChI is InChI=1S/C12H13BrO5/c1-2-17-12(16)7-18-11-4-3-8(5-10(11)15)9(13)6-14/h3-6,9,15H,2,7H2,1H3. The van der Waals surface area contributed by atoms with Crippen LogP contribution in [0.2, 0.25) is 0 Å². The van der Waals surface area contributed by atoms with E-state index in [1.54, 1.807) is 13.0 Å². The molecule has 6 heteroatoms. The summed E-state index contributed by atoms with van der Waals surface area (Å²) < 4.78 is 9.77. The van der Waals surface area contributed by atoms with Crippen LogP contribution in [-0.4, -0.2) is 30.6 Å². The summed E-state index contributed by atoms with van der Waals surface area (Å²) in [4.78, 5) is 21.2. The number of phenolic OH excluding ortho intramolecular Hbond substituents is 1. The third-order valence-corrected chi connectivity index (χ3v) is 2.82. The third kappa shape index (κ3) is 4.03. The number of hydrogen-bond donors (Lipinski definition) is 1. The molecule has 0 aliphatic carbocycles. The van der Waals surface area contributed by atoms with Gasteiger partial charge in [-0.1, -0.05) is 22.0 Å². The maximum absolute atomic E-state index is 11.1. The lowest BCUT2D eigenvalue weighted by atomic mass is 10.1. The van der Waals surface area contributed by atoms with Crippen molar-refractivity contribution in [3.05, 3.63) is 23.8 Å². The van der Waals surface area contributed by atoms with Crippen LogP contribution >= 0.6 is 15.9 Å². The van der Waals surface area contributed by atoms with Gasteiger partial charge in [-0.2, -0.15) is 0 Å². The molecule has 98 valence electrons. The quantitative estimate of drug-likeness (QED) is 0.493. The minimum Gasteiger partial charge on any atom is -0.504 e. The first-order chi connectivity index (χ1) is 8.58. The van der Waals surface area contributed by atoms with E-state index < -0.39 is 10.8 Å². The van der Waals surface area contributed by atoms with E-state index in [0.29, 0.717) is 11.8 Å². The Kier molecular flexibility index (Phi) is 5.64. The van der Waals surface area contributed by atoms with Crippen LogP contribution in [-0.2, 0) is 14.3 Å². The number of rotatable bonds is 6. The fourth-order valence-electron chi connectivity index (χ4n) is 1.25. The Balaban J connectivity index is 2.68. The van der Waals surface area contributed by atoms with Gasteiger partial charge in [0.25, 0.3) is 0 Å². The third-order valence-electron chi connectivity index (χ3n) is 2.07. The minimum atomic E-state index is -0.507. The summed E-state index contributed by atoms with van der Waals surface area (Å²) in [5.41, 5.74) is 0.603. The number of hydrogen-bond acceptors (Lipinski definition) is 5. The van der Waals surface area contributed by atoms with E-state index in [1.165, 1.54) is 12.1 Å². The van der Waals surface area contributed by atoms with E-state index in [1.807, 2.05) is 0 Å². The highest BCUT2D eigenvalue weighted by molar-refractivity contribution is 9.09. The van der Waals surface area contributed by atoms with Crippen molar-refractivity contribution < 1.29 is 24.2 Å². The number of carbonyl (C=O) groups is 2. The molecule has 0 aromatic heterocycles. The number of aromatic hydroxyl groups is 1. The van der Waals surface area contributed by atoms with Crippen molar-refractivity contribution in [2.24, 2.45) is 0 Å². The minimum absolute atomic E-state index is 0.136. The average Bonchev–Trinajstić information content (AvgIpc) is 2.36. The summed E-state index contributed by atoms with van der Waals surface area (Å²) in [7, 11) is 0. The van der Waals surface area contributed by atoms with Gasteiger partial charge in [-0.25, -0.2) is 4.79 Å². The number of esters is 1. The maximum atomic E-state index is 11.1. The van der Waals surface area contributed by atoms with E-state index >= 15 is 0 Å². The number of phenols is 1. The molecule has 0 aliphatic rings. The Morgan fingerprint density at radius 1 is 1.56 bits per heavy atom. The number of ether oxygens (including phenoxy) is 2. The largest absolute Gasteiger partial charge is 0.504 e. The zero-order chi connectivity index (χ0) is 13.5. The molecule has 0 fully saturated rings. The molecule has 0 saturated heterocycles. The second-order valence-corrected chi connectivity index (χ2v) is 4.35. The van der Waals surface area contributed by atoms with E-state index in [0.717, 1.165) is 0 Å². The van der Waals surface area contributed by atoms with E-state index in [2.05, 4.69) is 20.7 Å². The topological polar surface area (TPSA) is 72.8 Å². The van der Waals surface area contributed by atoms with Crippen molar-refractivity contribution in [2.45, 2.75) is 11.8 Å². The van der Waals surface area contributed by atoms with Gasteiger partial charge in [-0.05, 0) is 24.6 Å². The molecule has 0 amide bonds. The SMILES string of the molecule is CCOC(=O)COc1ccc(C(Br)C=O)cc1O. The van der Waals surface area contributed by atoms with Crippen LogP contribution in [0.5, 0.6) is 11.5 Å². The van der Waals surface area contributed by atoms with Gasteiger partial charge in [0.15, 0.2) is 18.1 Å². The van der Waals surface area contributed by atoms with Crippen LogP contribution in [0, 0.1) is 0 Å². The van der Waals surface area contributed by atoms with E-state index in [9.17, 15) is 14.7 Å². The first-order valence-corrected chi connectivity index (χ1v) is 6.20. The number of alkyl halides is 1. The molecule has 0 aliphatic heterocycles. The van der Waals surface area contributed by atoms with Gasteiger partial charge in [0, 0.05) is 0 Å². The van der Waals surface area contributed by atoms with Crippen molar-refractivity contribution in [2.75, 3.05) is 13.2 Å². The molecule has 1 N–H and O–H groups in total. The van der Waals surface area contributed by atoms with Gasteiger partial charge in [0.1, 0.15) is 6.29 Å². The lowest BCUT2D eigenvalue weighted by Crippen LogP contribution is -2.14. The molecule has 5 nitrogen and oxygen atoms in total. The maximum Gasteiger partial charge on any atom is 0.344 e. The molecule has 1 aromatic rings. The molecular weight excluding hydrogens is 304 g/mol. The molecule has 1 rings (SSSR count). The lowest BCUT2D eigenvalue weighted by molar-refractivity contribution is -0.145. The zero-order valence-corrected chi connectivity index (χ0v) is 11.3. The first-order valence-electron chi connectivity index (χ1n) is 5.29. The smallest absolute Gasteiger partial charge is 0.344 e. The summed E-state index contributed by atoms with van der Waals surface area (Å²) >= 11 is 3.13. The van der Waals surface area contributed by atoms with Crippen LogP contribution in [0.4, 0.5) is 0 Å². The van der Waals surface area contributed by atoms with Crippen molar-refractivity contribution in [3.63, 3.8) is 0 Å². The molecule has 0 spiro atoms. The molecule has 0 bridgehead atoms. The Morgan fingerprint density at radius 3 is 2.83 bits per heavy atom. The van der Waals surface area contributed by atoms with E-state index in [4.69, 9.17) is 4.74 Å². The van der Waals surface area contributed by atoms with Crippen molar-refractivity contribution in [1.29, 1.82) is 0 Å². The Morgan fingerprint density at radius 2 is 2.28 bits per heavy atom. The van der Waals surface area contributed by atoms with E-state index in [-0.39, 0.29) is 24.7 Å². The number of carbonyl (C=O) groups excluding carboxylic acids is 2. The first kappa shape index (κ1) is 14.5. The average molecular weight is 317 g/mol. The predicted octanol–water partition coefficient (Wildman–Crippen LogP) is 1.97. The lowest BCUT2D eigenvalue weighted by Gasteiger charge is -2.09. The van der Waals surface area contributed by atoms with Gasteiger partial charge in [0.05, 0.1) is 11.4 Å². The Bertz CT molecular complexity index is 432. The molecule has 1 aromatic carbocycles. The summed E-state index contributed by atoms with van der Waals surface area (Å²) in [5.74, 6) is -0.479. The fourth-order valence-corrected chi connectivity index (χ4v) is 1.53. The predicted molar refractivity (Wildman–Crippen MR) is 68.0 cm³/mol. The highest BCUT2D eigenvalue weighted by Gasteiger charge is 2.11. The highest BCUT2D eigenvalue weighted by Crippen LogP contribution is 2.31. The second-order valence-electron chi connectivity index (χ2n) is 3.36. The normalized spacial score (nSPS) is 11.7. The summed E-state index contributed by atoms with van der Waals surface area (Å²) in [6.07, 6.45) is 0.702. The number of benzene rings is 1. The summed E-state index contributed by atoms with van der Waals surface area (Å²) in [6.45, 7) is 1.70. The molecule has 1 unspecified atom stereocenters. The molecule has 1 atom stereocenters. The van der Waals surface area contributed by atoms with Crippen LogP contribution < -0.4 is 4.74 Å². The van der Waals surface area contributed by atoms with Gasteiger partial charge < -0.3 is 19.4 Å².